The number of amides is 1. The maximum atomic E-state index is 13.2. The second-order valence-corrected chi connectivity index (χ2v) is 5.23. The summed E-state index contributed by atoms with van der Waals surface area (Å²) in [6, 6.07) is 5.16. The molecular weight excluding hydrogens is 276 g/mol. The van der Waals surface area contributed by atoms with Gasteiger partial charge in [0.25, 0.3) is 5.91 Å². The van der Waals surface area contributed by atoms with Crippen molar-refractivity contribution in [3.05, 3.63) is 53.4 Å². The van der Waals surface area contributed by atoms with E-state index in [0.717, 1.165) is 30.7 Å². The van der Waals surface area contributed by atoms with Gasteiger partial charge in [0.2, 0.25) is 0 Å². The van der Waals surface area contributed by atoms with Gasteiger partial charge in [-0.25, -0.2) is 8.78 Å². The molecule has 1 aromatic heterocycles. The average Bonchev–Trinajstić information content (AvgIpc) is 3.04. The minimum Gasteiger partial charge on any atom is -0.338 e. The van der Waals surface area contributed by atoms with Crippen LogP contribution < -0.4 is 0 Å². The molecule has 21 heavy (non-hydrogen) atoms. The van der Waals surface area contributed by atoms with E-state index in [9.17, 15) is 13.6 Å². The Morgan fingerprint density at radius 3 is 2.86 bits per heavy atom. The zero-order chi connectivity index (χ0) is 14.8. The van der Waals surface area contributed by atoms with Gasteiger partial charge in [0, 0.05) is 36.5 Å². The van der Waals surface area contributed by atoms with Crippen LogP contribution in [-0.4, -0.2) is 34.1 Å². The van der Waals surface area contributed by atoms with Crippen molar-refractivity contribution in [1.82, 2.24) is 15.1 Å². The number of carbonyl (C=O) groups is 1. The number of H-pyrrole nitrogens is 1. The fraction of sp³-hybridized carbons (Fsp3) is 0.333. The van der Waals surface area contributed by atoms with Crippen LogP contribution in [0.25, 0.3) is 0 Å². The van der Waals surface area contributed by atoms with Crippen LogP contribution in [0.4, 0.5) is 8.78 Å². The predicted octanol–water partition coefficient (Wildman–Crippen LogP) is 2.71. The van der Waals surface area contributed by atoms with E-state index in [1.54, 1.807) is 11.1 Å². The molecule has 1 fully saturated rings. The first-order chi connectivity index (χ1) is 10.1. The summed E-state index contributed by atoms with van der Waals surface area (Å²) >= 11 is 0. The lowest BCUT2D eigenvalue weighted by molar-refractivity contribution is 0.0705. The maximum Gasteiger partial charge on any atom is 0.253 e. The lowest BCUT2D eigenvalue weighted by Gasteiger charge is -2.32. The number of carbonyl (C=O) groups excluding carboxylic acids is 1. The molecule has 0 radical (unpaired) electrons. The first kappa shape index (κ1) is 13.7. The lowest BCUT2D eigenvalue weighted by Crippen LogP contribution is -2.39. The molecule has 2 aromatic rings. The van der Waals surface area contributed by atoms with Crippen molar-refractivity contribution in [2.24, 2.45) is 0 Å². The van der Waals surface area contributed by atoms with Crippen LogP contribution in [0.15, 0.2) is 30.5 Å². The van der Waals surface area contributed by atoms with E-state index in [2.05, 4.69) is 10.2 Å². The molecule has 1 aliphatic heterocycles. The number of aromatic amines is 1. The number of halogens is 2. The van der Waals surface area contributed by atoms with Crippen molar-refractivity contribution >= 4 is 5.91 Å². The smallest absolute Gasteiger partial charge is 0.253 e. The maximum absolute atomic E-state index is 13.2. The van der Waals surface area contributed by atoms with Crippen molar-refractivity contribution in [3.63, 3.8) is 0 Å². The van der Waals surface area contributed by atoms with E-state index in [4.69, 9.17) is 0 Å². The molecule has 1 aliphatic rings. The molecule has 1 aromatic carbocycles. The van der Waals surface area contributed by atoms with Crippen molar-refractivity contribution < 1.29 is 13.6 Å². The molecule has 0 aliphatic carbocycles. The highest BCUT2D eigenvalue weighted by Gasteiger charge is 2.26. The number of benzene rings is 1. The summed E-state index contributed by atoms with van der Waals surface area (Å²) in [5, 5.41) is 6.85. The molecule has 0 bridgehead atoms. The minimum absolute atomic E-state index is 0.180. The molecular formula is C15H15F2N3O. The van der Waals surface area contributed by atoms with Gasteiger partial charge in [-0.3, -0.25) is 9.89 Å². The summed E-state index contributed by atoms with van der Waals surface area (Å²) in [6.45, 7) is 1.18. The summed E-state index contributed by atoms with van der Waals surface area (Å²) in [5.41, 5.74) is 1.18. The number of hydrogen-bond donors (Lipinski definition) is 1. The van der Waals surface area contributed by atoms with Gasteiger partial charge in [0.05, 0.1) is 0 Å². The zero-order valence-corrected chi connectivity index (χ0v) is 11.4. The van der Waals surface area contributed by atoms with Crippen molar-refractivity contribution in [2.45, 2.75) is 18.8 Å². The van der Waals surface area contributed by atoms with E-state index >= 15 is 0 Å². The second kappa shape index (κ2) is 5.63. The summed E-state index contributed by atoms with van der Waals surface area (Å²) in [6.07, 6.45) is 3.54. The highest BCUT2D eigenvalue weighted by Crippen LogP contribution is 2.26. The Bertz CT molecular complexity index is 642. The largest absolute Gasteiger partial charge is 0.338 e. The molecule has 1 unspecified atom stereocenters. The van der Waals surface area contributed by atoms with Gasteiger partial charge in [-0.1, -0.05) is 0 Å². The third-order valence-electron chi connectivity index (χ3n) is 3.84. The number of aromatic nitrogens is 2. The Morgan fingerprint density at radius 2 is 2.14 bits per heavy atom. The summed E-state index contributed by atoms with van der Waals surface area (Å²) in [4.78, 5) is 14.1. The molecule has 2 heterocycles. The van der Waals surface area contributed by atoms with Crippen molar-refractivity contribution in [2.75, 3.05) is 13.1 Å². The molecule has 4 nitrogen and oxygen atoms in total. The molecule has 3 rings (SSSR count). The first-order valence-electron chi connectivity index (χ1n) is 6.89. The Balaban J connectivity index is 1.76. The van der Waals surface area contributed by atoms with E-state index in [-0.39, 0.29) is 17.4 Å². The zero-order valence-electron chi connectivity index (χ0n) is 11.4. The van der Waals surface area contributed by atoms with Gasteiger partial charge in [-0.05, 0) is 37.1 Å². The van der Waals surface area contributed by atoms with Gasteiger partial charge >= 0.3 is 0 Å². The molecule has 1 atom stereocenters. The third kappa shape index (κ3) is 2.79. The topological polar surface area (TPSA) is 49.0 Å². The first-order valence-corrected chi connectivity index (χ1v) is 6.89. The van der Waals surface area contributed by atoms with Crippen molar-refractivity contribution in [1.29, 1.82) is 0 Å². The number of nitrogens with zero attached hydrogens (tertiary/aromatic N) is 2. The van der Waals surface area contributed by atoms with E-state index < -0.39 is 11.6 Å². The SMILES string of the molecule is O=C(c1ccc(F)c(F)c1)N1CCCC(c2ccn[nH]2)C1. The van der Waals surface area contributed by atoms with Gasteiger partial charge < -0.3 is 4.90 Å². The predicted molar refractivity (Wildman–Crippen MR) is 72.8 cm³/mol. The Kier molecular flexibility index (Phi) is 3.68. The monoisotopic (exact) mass is 291 g/mol. The quantitative estimate of drug-likeness (QED) is 0.925. The van der Waals surface area contributed by atoms with E-state index in [0.29, 0.717) is 13.1 Å². The Labute approximate surface area is 120 Å². The number of rotatable bonds is 2. The van der Waals surface area contributed by atoms with Gasteiger partial charge in [-0.15, -0.1) is 0 Å². The summed E-state index contributed by atoms with van der Waals surface area (Å²) in [5.74, 6) is -2.00. The number of nitrogens with one attached hydrogen (secondary N) is 1. The normalized spacial score (nSPS) is 18.8. The molecule has 0 saturated carbocycles. The highest BCUT2D eigenvalue weighted by molar-refractivity contribution is 5.94. The minimum atomic E-state index is -0.997. The number of likely N-dealkylation sites (tertiary alicyclic amines) is 1. The number of piperidine rings is 1. The fourth-order valence-corrected chi connectivity index (χ4v) is 2.72. The van der Waals surface area contributed by atoms with Crippen LogP contribution >= 0.6 is 0 Å². The molecule has 1 N–H and O–H groups in total. The van der Waals surface area contributed by atoms with Crippen LogP contribution in [0, 0.1) is 11.6 Å². The van der Waals surface area contributed by atoms with Gasteiger partial charge in [0.1, 0.15) is 0 Å². The van der Waals surface area contributed by atoms with E-state index in [1.165, 1.54) is 6.07 Å². The van der Waals surface area contributed by atoms with Gasteiger partial charge in [0.15, 0.2) is 11.6 Å². The molecule has 0 spiro atoms. The Morgan fingerprint density at radius 1 is 1.29 bits per heavy atom. The van der Waals surface area contributed by atoms with Crippen LogP contribution in [0.2, 0.25) is 0 Å². The van der Waals surface area contributed by atoms with Crippen LogP contribution in [0.3, 0.4) is 0 Å². The lowest BCUT2D eigenvalue weighted by atomic mass is 9.94. The molecule has 6 heteroatoms. The van der Waals surface area contributed by atoms with E-state index in [1.807, 2.05) is 6.07 Å². The average molecular weight is 291 g/mol. The highest BCUT2D eigenvalue weighted by atomic mass is 19.2. The van der Waals surface area contributed by atoms with Crippen LogP contribution in [0.1, 0.15) is 34.8 Å². The molecule has 1 saturated heterocycles. The fourth-order valence-electron chi connectivity index (χ4n) is 2.72. The standard InChI is InChI=1S/C15H15F2N3O/c16-12-4-3-10(8-13(12)17)15(21)20-7-1-2-11(9-20)14-5-6-18-19-14/h3-6,8,11H,1-2,7,9H2,(H,18,19). The third-order valence-corrected chi connectivity index (χ3v) is 3.84. The summed E-state index contributed by atoms with van der Waals surface area (Å²) < 4.78 is 26.2. The second-order valence-electron chi connectivity index (χ2n) is 5.23. The number of hydrogen-bond acceptors (Lipinski definition) is 2. The van der Waals surface area contributed by atoms with Crippen LogP contribution in [-0.2, 0) is 0 Å². The summed E-state index contributed by atoms with van der Waals surface area (Å²) in [7, 11) is 0. The Hall–Kier alpha value is -2.24. The molecule has 110 valence electrons. The van der Waals surface area contributed by atoms with Crippen molar-refractivity contribution in [3.8, 4) is 0 Å². The van der Waals surface area contributed by atoms with Gasteiger partial charge in [-0.2, -0.15) is 5.10 Å². The molecule has 1 amide bonds. The van der Waals surface area contributed by atoms with Crippen LogP contribution in [0.5, 0.6) is 0 Å².